The summed E-state index contributed by atoms with van der Waals surface area (Å²) >= 11 is 7.84. The van der Waals surface area contributed by atoms with Gasteiger partial charge in [0.1, 0.15) is 5.82 Å². The molecule has 0 bridgehead atoms. The lowest BCUT2D eigenvalue weighted by atomic mass is 9.81. The maximum absolute atomic E-state index is 13.8. The van der Waals surface area contributed by atoms with E-state index in [-0.39, 0.29) is 23.7 Å². The van der Waals surface area contributed by atoms with Gasteiger partial charge in [0.05, 0.1) is 6.54 Å². The lowest BCUT2D eigenvalue weighted by molar-refractivity contribution is -0.128. The van der Waals surface area contributed by atoms with Crippen molar-refractivity contribution in [1.29, 1.82) is 0 Å². The van der Waals surface area contributed by atoms with E-state index in [0.29, 0.717) is 18.9 Å². The van der Waals surface area contributed by atoms with Gasteiger partial charge in [-0.3, -0.25) is 14.5 Å². The molecule has 3 atom stereocenters. The largest absolute Gasteiger partial charge is 0.382 e. The lowest BCUT2D eigenvalue weighted by Gasteiger charge is -2.32. The Labute approximate surface area is 259 Å². The molecule has 0 saturated heterocycles. The molecular formula is C34H40ClFN4OS. The number of carbonyl (C=O) groups is 1. The monoisotopic (exact) mass is 606 g/mol. The molecule has 1 fully saturated rings. The molecule has 3 aliphatic rings. The minimum atomic E-state index is -0.279. The highest BCUT2D eigenvalue weighted by Crippen LogP contribution is 2.36. The van der Waals surface area contributed by atoms with E-state index in [1.165, 1.54) is 22.6 Å². The van der Waals surface area contributed by atoms with Crippen LogP contribution in [0.2, 0.25) is 0 Å². The molecule has 0 aliphatic heterocycles. The van der Waals surface area contributed by atoms with Crippen molar-refractivity contribution >= 4 is 35.7 Å². The molecule has 1 amide bonds. The normalized spacial score (nSPS) is 21.2. The van der Waals surface area contributed by atoms with Crippen molar-refractivity contribution < 1.29 is 9.18 Å². The molecular weight excluding hydrogens is 567 g/mol. The van der Waals surface area contributed by atoms with Gasteiger partial charge in [-0.05, 0) is 84.5 Å². The second-order valence-electron chi connectivity index (χ2n) is 11.0. The maximum atomic E-state index is 13.8. The quantitative estimate of drug-likeness (QED) is 0.205. The van der Waals surface area contributed by atoms with Crippen LogP contribution in [-0.4, -0.2) is 48.6 Å². The van der Waals surface area contributed by atoms with E-state index in [1.807, 2.05) is 61.3 Å². The van der Waals surface area contributed by atoms with Crippen LogP contribution in [0.5, 0.6) is 0 Å². The molecule has 4 rings (SSSR count). The molecule has 1 aromatic carbocycles. The summed E-state index contributed by atoms with van der Waals surface area (Å²) in [5.41, 5.74) is 3.09. The minimum Gasteiger partial charge on any atom is -0.382 e. The zero-order valence-electron chi connectivity index (χ0n) is 24.5. The molecule has 0 radical (unpaired) electrons. The number of carbonyl (C=O) groups excluding carboxylic acids is 1. The summed E-state index contributed by atoms with van der Waals surface area (Å²) in [6.07, 6.45) is 26.3. The summed E-state index contributed by atoms with van der Waals surface area (Å²) in [6, 6.07) is 6.58. The average molecular weight is 607 g/mol. The number of benzene rings is 1. The third-order valence-corrected chi connectivity index (χ3v) is 8.73. The summed E-state index contributed by atoms with van der Waals surface area (Å²) in [6.45, 7) is 2.35. The maximum Gasteiger partial charge on any atom is 0.227 e. The van der Waals surface area contributed by atoms with Gasteiger partial charge in [-0.25, -0.2) is 4.39 Å². The molecule has 3 aliphatic carbocycles. The first-order valence-corrected chi connectivity index (χ1v) is 15.7. The fourth-order valence-electron chi connectivity index (χ4n) is 5.15. The van der Waals surface area contributed by atoms with Crippen molar-refractivity contribution in [1.82, 2.24) is 14.5 Å². The van der Waals surface area contributed by atoms with Gasteiger partial charge in [0.2, 0.25) is 5.91 Å². The van der Waals surface area contributed by atoms with Crippen molar-refractivity contribution in [2.75, 3.05) is 20.6 Å². The topological polar surface area (TPSA) is 47.9 Å². The molecule has 1 aromatic rings. The molecule has 5 nitrogen and oxygen atoms in total. The number of aliphatic imine (C=N–C) groups is 1. The third-order valence-electron chi connectivity index (χ3n) is 7.48. The van der Waals surface area contributed by atoms with Crippen LogP contribution in [0.15, 0.2) is 111 Å². The second-order valence-corrected chi connectivity index (χ2v) is 12.4. The van der Waals surface area contributed by atoms with Gasteiger partial charge in [-0.2, -0.15) is 0 Å². The van der Waals surface area contributed by atoms with E-state index in [4.69, 9.17) is 11.6 Å². The molecule has 1 N–H and O–H groups in total. The lowest BCUT2D eigenvalue weighted by Crippen LogP contribution is -2.35. The zero-order chi connectivity index (χ0) is 29.9. The molecule has 1 saturated carbocycles. The number of hydrogen-bond donors (Lipinski definition) is 1. The van der Waals surface area contributed by atoms with Gasteiger partial charge in [-0.1, -0.05) is 67.5 Å². The molecule has 222 valence electrons. The first-order valence-electron chi connectivity index (χ1n) is 14.5. The molecule has 0 spiro atoms. The highest BCUT2D eigenvalue weighted by molar-refractivity contribution is 8.01. The van der Waals surface area contributed by atoms with Crippen LogP contribution < -0.4 is 4.72 Å². The van der Waals surface area contributed by atoms with Crippen LogP contribution in [0, 0.1) is 11.7 Å². The Hall–Kier alpha value is -3.13. The fourth-order valence-corrected chi connectivity index (χ4v) is 6.16. The standard InChI is InChI=1S/C34H40ClFN4OS/c1-25(26-13-16-29(36)17-14-26)23-34(41)40(22-20-37-19-21-39(2)3)30-10-4-7-27-8-5-12-33(32(27)24-30)38-42-31-11-6-9-28(35)15-18-31/h4,6-7,9-11,13-17,19-21,24-25,27,33,38H,5,8,12,18,22-23H2,1-3H3/b21-19-,37-20?. The predicted molar refractivity (Wildman–Crippen MR) is 175 cm³/mol. The number of allylic oxidation sites excluding steroid dienone is 10. The van der Waals surface area contributed by atoms with Gasteiger partial charge in [-0.15, -0.1) is 0 Å². The Morgan fingerprint density at radius 3 is 2.81 bits per heavy atom. The smallest absolute Gasteiger partial charge is 0.227 e. The Bertz CT molecular complexity index is 1340. The first kappa shape index (κ1) is 31.8. The van der Waals surface area contributed by atoms with Crippen LogP contribution in [0.3, 0.4) is 0 Å². The first-order chi connectivity index (χ1) is 20.3. The van der Waals surface area contributed by atoms with Crippen molar-refractivity contribution in [2.24, 2.45) is 10.9 Å². The van der Waals surface area contributed by atoms with E-state index >= 15 is 0 Å². The fraction of sp³-hybridized carbons (Fsp3) is 0.353. The minimum absolute atomic E-state index is 0.00132. The zero-order valence-corrected chi connectivity index (χ0v) is 26.1. The van der Waals surface area contributed by atoms with Gasteiger partial charge in [0.15, 0.2) is 0 Å². The Kier molecular flexibility index (Phi) is 12.1. The number of amides is 1. The van der Waals surface area contributed by atoms with Gasteiger partial charge in [0, 0.05) is 60.8 Å². The number of halogens is 2. The van der Waals surface area contributed by atoms with E-state index in [9.17, 15) is 9.18 Å². The predicted octanol–water partition coefficient (Wildman–Crippen LogP) is 8.00. The second kappa shape index (κ2) is 15.9. The van der Waals surface area contributed by atoms with Crippen molar-refractivity contribution in [2.45, 2.75) is 51.0 Å². The van der Waals surface area contributed by atoms with E-state index in [1.54, 1.807) is 36.5 Å². The van der Waals surface area contributed by atoms with Gasteiger partial charge >= 0.3 is 0 Å². The van der Waals surface area contributed by atoms with E-state index in [2.05, 4.69) is 34.0 Å². The molecule has 0 heterocycles. The molecule has 3 unspecified atom stereocenters. The van der Waals surface area contributed by atoms with Crippen molar-refractivity contribution in [3.8, 4) is 0 Å². The summed E-state index contributed by atoms with van der Waals surface area (Å²) in [4.78, 5) is 23.2. The summed E-state index contributed by atoms with van der Waals surface area (Å²) < 4.78 is 17.2. The van der Waals surface area contributed by atoms with Crippen molar-refractivity contribution in [3.05, 3.63) is 118 Å². The summed E-state index contributed by atoms with van der Waals surface area (Å²) in [7, 11) is 3.87. The molecule has 42 heavy (non-hydrogen) atoms. The van der Waals surface area contributed by atoms with Gasteiger partial charge < -0.3 is 9.80 Å². The number of nitrogens with one attached hydrogen (secondary N) is 1. The number of fused-ring (bicyclic) bond motifs is 1. The van der Waals surface area contributed by atoms with Gasteiger partial charge in [0.25, 0.3) is 0 Å². The third kappa shape index (κ3) is 9.45. The molecule has 8 heteroatoms. The SMILES string of the molecule is CC(CC(=O)N(CC=N/C=C\N(C)C)C1=CC=CC2CCCC(NSC3=CC=CC(Cl)=CC3)C2=C1)c1ccc(F)cc1. The van der Waals surface area contributed by atoms with Crippen LogP contribution in [0.25, 0.3) is 0 Å². The highest BCUT2D eigenvalue weighted by atomic mass is 35.5. The van der Waals surface area contributed by atoms with Crippen LogP contribution >= 0.6 is 23.5 Å². The summed E-state index contributed by atoms with van der Waals surface area (Å²) in [5.74, 6) is -0.0231. The van der Waals surface area contributed by atoms with E-state index < -0.39 is 0 Å². The van der Waals surface area contributed by atoms with Crippen molar-refractivity contribution in [3.63, 3.8) is 0 Å². The number of nitrogens with zero attached hydrogens (tertiary/aromatic N) is 3. The Morgan fingerprint density at radius 2 is 2.02 bits per heavy atom. The Balaban J connectivity index is 1.55. The molecule has 0 aromatic heterocycles. The highest BCUT2D eigenvalue weighted by Gasteiger charge is 2.29. The Morgan fingerprint density at radius 1 is 1.21 bits per heavy atom. The number of hydrogen-bond acceptors (Lipinski definition) is 5. The van der Waals surface area contributed by atoms with E-state index in [0.717, 1.165) is 42.0 Å². The van der Waals surface area contributed by atoms with Crippen LogP contribution in [0.1, 0.15) is 50.5 Å². The van der Waals surface area contributed by atoms with Crippen LogP contribution in [0.4, 0.5) is 4.39 Å². The summed E-state index contributed by atoms with van der Waals surface area (Å²) in [5, 5.41) is 0.755. The average Bonchev–Trinajstić information content (AvgIpc) is 3.31. The number of rotatable bonds is 11. The van der Waals surface area contributed by atoms with Crippen LogP contribution in [-0.2, 0) is 4.79 Å².